The van der Waals surface area contributed by atoms with Crippen LogP contribution in [-0.4, -0.2) is 97.4 Å². The Balaban J connectivity index is 1.15. The molecule has 184 valence electrons. The van der Waals surface area contributed by atoms with E-state index >= 15 is 0 Å². The molecule has 0 bridgehead atoms. The minimum absolute atomic E-state index is 0.187. The van der Waals surface area contributed by atoms with Crippen molar-refractivity contribution in [2.75, 3.05) is 63.8 Å². The molecule has 1 aromatic rings. The number of benzene rings is 1. The molecule has 1 saturated carbocycles. The Bertz CT molecular complexity index is 928. The van der Waals surface area contributed by atoms with E-state index in [-0.39, 0.29) is 24.4 Å². The zero-order chi connectivity index (χ0) is 23.8. The van der Waals surface area contributed by atoms with Crippen LogP contribution in [-0.2, 0) is 20.9 Å². The molecule has 0 aromatic heterocycles. The van der Waals surface area contributed by atoms with E-state index < -0.39 is 12.2 Å². The third-order valence-corrected chi connectivity index (χ3v) is 8.21. The lowest BCUT2D eigenvalue weighted by Crippen LogP contribution is -2.46. The lowest BCUT2D eigenvalue weighted by molar-refractivity contribution is -0.133. The summed E-state index contributed by atoms with van der Waals surface area (Å²) in [6.45, 7) is 14.1. The van der Waals surface area contributed by atoms with Crippen LogP contribution in [0.3, 0.4) is 0 Å². The average molecular weight is 469 g/mol. The van der Waals surface area contributed by atoms with Gasteiger partial charge in [-0.05, 0) is 42.5 Å². The first-order valence-corrected chi connectivity index (χ1v) is 12.7. The number of likely N-dealkylation sites (N-methyl/N-ethyl adjacent to an activating group) is 1. The average Bonchev–Trinajstić information content (AvgIpc) is 3.50. The van der Waals surface area contributed by atoms with Gasteiger partial charge in [-0.3, -0.25) is 14.5 Å². The summed E-state index contributed by atoms with van der Waals surface area (Å²) in [6, 6.07) is 6.68. The highest BCUT2D eigenvalue weighted by atomic mass is 16.6. The van der Waals surface area contributed by atoms with Crippen LogP contribution in [0.2, 0.25) is 0 Å². The maximum Gasteiger partial charge on any atom is 0.410 e. The van der Waals surface area contributed by atoms with Gasteiger partial charge in [0, 0.05) is 77.4 Å². The van der Waals surface area contributed by atoms with Crippen molar-refractivity contribution in [3.8, 4) is 0 Å². The standard InChI is InChI=1S/C26H36N4O4/c1-3-27-9-11-29(12-10-27)22-6-4-5-19(18(22)2)13-28-14-20-16-30(17-21(20)15-28)26(33)34-25-23(31)7-8-24(25)32/h4-6,20-21,25H,3,7-17H2,1-2H3. The van der Waals surface area contributed by atoms with Crippen LogP contribution in [0.15, 0.2) is 18.2 Å². The fourth-order valence-corrected chi connectivity index (χ4v) is 6.09. The third-order valence-electron chi connectivity index (χ3n) is 8.21. The van der Waals surface area contributed by atoms with Gasteiger partial charge >= 0.3 is 6.09 Å². The predicted octanol–water partition coefficient (Wildman–Crippen LogP) is 1.94. The van der Waals surface area contributed by atoms with Gasteiger partial charge in [0.2, 0.25) is 6.10 Å². The predicted molar refractivity (Wildman–Crippen MR) is 129 cm³/mol. The molecule has 3 heterocycles. The van der Waals surface area contributed by atoms with E-state index in [1.54, 1.807) is 4.90 Å². The molecule has 8 heteroatoms. The lowest BCUT2D eigenvalue weighted by Gasteiger charge is -2.36. The minimum atomic E-state index is -1.18. The van der Waals surface area contributed by atoms with Crippen LogP contribution < -0.4 is 4.90 Å². The Hall–Kier alpha value is -2.45. The summed E-state index contributed by atoms with van der Waals surface area (Å²) >= 11 is 0. The van der Waals surface area contributed by atoms with Crippen molar-refractivity contribution in [3.05, 3.63) is 29.3 Å². The molecule has 2 unspecified atom stereocenters. The summed E-state index contributed by atoms with van der Waals surface area (Å²) in [5.74, 6) is 0.281. The van der Waals surface area contributed by atoms with Gasteiger partial charge in [-0.1, -0.05) is 19.1 Å². The number of likely N-dealkylation sites (tertiary alicyclic amines) is 2. The van der Waals surface area contributed by atoms with E-state index in [1.165, 1.54) is 16.8 Å². The van der Waals surface area contributed by atoms with Crippen LogP contribution in [0.4, 0.5) is 10.5 Å². The number of carbonyl (C=O) groups excluding carboxylic acids is 3. The number of ether oxygens (including phenoxy) is 1. The molecule has 1 aliphatic carbocycles. The normalized spacial score (nSPS) is 26.5. The van der Waals surface area contributed by atoms with Crippen molar-refractivity contribution in [2.45, 2.75) is 39.3 Å². The first-order valence-electron chi connectivity index (χ1n) is 12.7. The summed E-state index contributed by atoms with van der Waals surface area (Å²) in [5.41, 5.74) is 4.11. The number of fused-ring (bicyclic) bond motifs is 1. The maximum absolute atomic E-state index is 12.5. The van der Waals surface area contributed by atoms with Crippen LogP contribution in [0.1, 0.15) is 30.9 Å². The Morgan fingerprint density at radius 1 is 0.941 bits per heavy atom. The molecule has 8 nitrogen and oxygen atoms in total. The molecule has 2 atom stereocenters. The molecule has 0 spiro atoms. The topological polar surface area (TPSA) is 73.4 Å². The van der Waals surface area contributed by atoms with E-state index in [4.69, 9.17) is 4.74 Å². The Morgan fingerprint density at radius 3 is 2.21 bits per heavy atom. The highest BCUT2D eigenvalue weighted by molar-refractivity contribution is 6.12. The smallest absolute Gasteiger partial charge is 0.410 e. The summed E-state index contributed by atoms with van der Waals surface area (Å²) in [4.78, 5) is 45.4. The van der Waals surface area contributed by atoms with Gasteiger partial charge in [0.1, 0.15) is 0 Å². The van der Waals surface area contributed by atoms with Gasteiger partial charge in [0.25, 0.3) is 0 Å². The Labute approximate surface area is 201 Å². The molecule has 5 rings (SSSR count). The van der Waals surface area contributed by atoms with E-state index in [1.807, 2.05) is 0 Å². The lowest BCUT2D eigenvalue weighted by atomic mass is 10.0. The van der Waals surface area contributed by atoms with E-state index in [0.29, 0.717) is 24.9 Å². The molecular formula is C26H36N4O4. The van der Waals surface area contributed by atoms with Gasteiger partial charge in [0.05, 0.1) is 0 Å². The summed E-state index contributed by atoms with van der Waals surface area (Å²) in [7, 11) is 0. The number of piperazine rings is 1. The number of nitrogens with zero attached hydrogens (tertiary/aromatic N) is 4. The van der Waals surface area contributed by atoms with Gasteiger partial charge < -0.3 is 19.4 Å². The molecule has 0 N–H and O–H groups in total. The molecule has 3 aliphatic heterocycles. The molecule has 34 heavy (non-hydrogen) atoms. The Morgan fingerprint density at radius 2 is 1.59 bits per heavy atom. The zero-order valence-corrected chi connectivity index (χ0v) is 20.4. The monoisotopic (exact) mass is 468 g/mol. The second-order valence-corrected chi connectivity index (χ2v) is 10.3. The molecule has 4 fully saturated rings. The number of hydrogen-bond acceptors (Lipinski definition) is 7. The summed E-state index contributed by atoms with van der Waals surface area (Å²) < 4.78 is 5.27. The van der Waals surface area contributed by atoms with Crippen molar-refractivity contribution in [1.29, 1.82) is 0 Å². The number of hydrogen-bond donors (Lipinski definition) is 0. The van der Waals surface area contributed by atoms with Crippen LogP contribution in [0.5, 0.6) is 0 Å². The highest BCUT2D eigenvalue weighted by Gasteiger charge is 2.44. The van der Waals surface area contributed by atoms with E-state index in [2.05, 4.69) is 46.7 Å². The molecule has 1 aromatic carbocycles. The van der Waals surface area contributed by atoms with Crippen molar-refractivity contribution in [2.24, 2.45) is 11.8 Å². The van der Waals surface area contributed by atoms with Crippen molar-refractivity contribution in [3.63, 3.8) is 0 Å². The first kappa shape index (κ1) is 23.3. The molecular weight excluding hydrogens is 432 g/mol. The minimum Gasteiger partial charge on any atom is -0.430 e. The van der Waals surface area contributed by atoms with Crippen molar-refractivity contribution < 1.29 is 19.1 Å². The second kappa shape index (κ2) is 9.66. The van der Waals surface area contributed by atoms with Gasteiger partial charge in [-0.15, -0.1) is 0 Å². The van der Waals surface area contributed by atoms with Crippen LogP contribution >= 0.6 is 0 Å². The van der Waals surface area contributed by atoms with E-state index in [0.717, 1.165) is 52.4 Å². The number of rotatable bonds is 5. The van der Waals surface area contributed by atoms with Crippen LogP contribution in [0, 0.1) is 18.8 Å². The quantitative estimate of drug-likeness (QED) is 0.612. The maximum atomic E-state index is 12.5. The largest absolute Gasteiger partial charge is 0.430 e. The number of amides is 1. The number of Topliss-reactive ketones (excluding diaryl/α,β-unsaturated/α-hetero) is 2. The number of anilines is 1. The second-order valence-electron chi connectivity index (χ2n) is 10.3. The van der Waals surface area contributed by atoms with E-state index in [9.17, 15) is 14.4 Å². The van der Waals surface area contributed by atoms with Gasteiger partial charge in [-0.2, -0.15) is 0 Å². The zero-order valence-electron chi connectivity index (χ0n) is 20.4. The summed E-state index contributed by atoms with van der Waals surface area (Å²) in [6.07, 6.45) is -1.31. The SMILES string of the molecule is CCN1CCN(c2cccc(CN3CC4CN(C(=O)OC5C(=O)CCC5=O)CC4C3)c2C)CC1. The summed E-state index contributed by atoms with van der Waals surface area (Å²) in [5, 5.41) is 0. The first-order chi connectivity index (χ1) is 16.4. The fourth-order valence-electron chi connectivity index (χ4n) is 6.09. The number of ketones is 2. The molecule has 3 saturated heterocycles. The van der Waals surface area contributed by atoms with Crippen molar-refractivity contribution >= 4 is 23.3 Å². The van der Waals surface area contributed by atoms with Gasteiger partial charge in [-0.25, -0.2) is 4.79 Å². The molecule has 0 radical (unpaired) electrons. The fraction of sp³-hybridized carbons (Fsp3) is 0.654. The molecule has 4 aliphatic rings. The Kier molecular flexibility index (Phi) is 6.62. The van der Waals surface area contributed by atoms with Gasteiger partial charge in [0.15, 0.2) is 11.6 Å². The van der Waals surface area contributed by atoms with Crippen molar-refractivity contribution in [1.82, 2.24) is 14.7 Å². The number of carbonyl (C=O) groups is 3. The highest BCUT2D eigenvalue weighted by Crippen LogP contribution is 2.34. The molecule has 1 amide bonds. The third kappa shape index (κ3) is 4.58. The van der Waals surface area contributed by atoms with Crippen LogP contribution in [0.25, 0.3) is 0 Å².